The Morgan fingerprint density at radius 3 is 2.47 bits per heavy atom. The number of rotatable bonds is 5. The minimum Gasteiger partial charge on any atom is -0.350 e. The van der Waals surface area contributed by atoms with E-state index in [9.17, 15) is 9.59 Å². The molecule has 7 nitrogen and oxygen atoms in total. The lowest BCUT2D eigenvalue weighted by Crippen LogP contribution is -2.60. The van der Waals surface area contributed by atoms with Crippen molar-refractivity contribution >= 4 is 28.7 Å². The fourth-order valence-electron chi connectivity index (χ4n) is 6.56. The number of hydrogen-bond acceptors (Lipinski definition) is 5. The summed E-state index contributed by atoms with van der Waals surface area (Å²) in [6.45, 7) is 1.89. The van der Waals surface area contributed by atoms with E-state index in [1.165, 1.54) is 37.2 Å². The van der Waals surface area contributed by atoms with Crippen LogP contribution in [0, 0.1) is 17.8 Å². The first kappa shape index (κ1) is 20.0. The van der Waals surface area contributed by atoms with Gasteiger partial charge in [0.2, 0.25) is 5.91 Å². The van der Waals surface area contributed by atoms with Gasteiger partial charge in [0.05, 0.1) is 17.1 Å². The van der Waals surface area contributed by atoms with Gasteiger partial charge in [-0.05, 0) is 75.3 Å². The van der Waals surface area contributed by atoms with Gasteiger partial charge in [-0.15, -0.1) is 0 Å². The Morgan fingerprint density at radius 2 is 1.81 bits per heavy atom. The Labute approximate surface area is 190 Å². The van der Waals surface area contributed by atoms with E-state index in [-0.39, 0.29) is 22.3 Å². The first-order valence-electron chi connectivity index (χ1n) is 11.5. The highest BCUT2D eigenvalue weighted by Gasteiger charge is 2.51. The zero-order valence-corrected chi connectivity index (χ0v) is 18.9. The number of carbonyl (C=O) groups is 1. The van der Waals surface area contributed by atoms with Gasteiger partial charge >= 0.3 is 0 Å². The Kier molecular flexibility index (Phi) is 4.68. The van der Waals surface area contributed by atoms with Crippen molar-refractivity contribution in [3.8, 4) is 5.69 Å². The predicted octanol–water partition coefficient (Wildman–Crippen LogP) is 3.67. The number of aromatic nitrogens is 4. The fraction of sp³-hybridized carbons (Fsp3) is 0.500. The monoisotopic (exact) mass is 449 g/mol. The van der Waals surface area contributed by atoms with Crippen molar-refractivity contribution in [2.75, 3.05) is 0 Å². The van der Waals surface area contributed by atoms with Gasteiger partial charge < -0.3 is 10.3 Å². The molecule has 7 rings (SSSR count). The maximum absolute atomic E-state index is 13.1. The minimum absolute atomic E-state index is 0.0165. The third-order valence-electron chi connectivity index (χ3n) is 7.50. The molecule has 4 fully saturated rings. The molecule has 2 heterocycles. The number of H-pyrrole nitrogens is 1. The lowest BCUT2D eigenvalue weighted by molar-refractivity contribution is -0.126. The van der Waals surface area contributed by atoms with E-state index in [4.69, 9.17) is 0 Å². The molecule has 0 unspecified atom stereocenters. The second-order valence-electron chi connectivity index (χ2n) is 9.95. The first-order valence-corrected chi connectivity index (χ1v) is 12.4. The van der Waals surface area contributed by atoms with E-state index >= 15 is 0 Å². The summed E-state index contributed by atoms with van der Waals surface area (Å²) < 4.78 is 1.66. The fourth-order valence-corrected chi connectivity index (χ4v) is 7.35. The summed E-state index contributed by atoms with van der Waals surface area (Å²) >= 11 is 1.30. The second kappa shape index (κ2) is 7.47. The van der Waals surface area contributed by atoms with Crippen molar-refractivity contribution < 1.29 is 4.79 Å². The molecule has 1 atom stereocenters. The van der Waals surface area contributed by atoms with Crippen LogP contribution in [-0.4, -0.2) is 36.4 Å². The van der Waals surface area contributed by atoms with Crippen LogP contribution in [0.15, 0.2) is 46.5 Å². The summed E-state index contributed by atoms with van der Waals surface area (Å²) in [4.78, 5) is 33.3. The standard InChI is InChI=1S/C24H27N5O2S/c1-14(21(30)28-24-10-15-7-16(11-24)9-17(8-15)12-24)32-23-26-20-19(22(31)27-23)13-25-29(20)18-5-3-2-4-6-18/h2-6,13-17H,7-12H2,1H3,(H,28,30)(H,26,27,31)/t14-,15?,16?,17?,24?/m1/s1. The summed E-state index contributed by atoms with van der Waals surface area (Å²) in [6.07, 6.45) is 8.95. The van der Waals surface area contributed by atoms with Crippen molar-refractivity contribution in [2.45, 2.75) is 61.4 Å². The zero-order chi connectivity index (χ0) is 21.9. The average molecular weight is 450 g/mol. The number of para-hydroxylation sites is 1. The highest BCUT2D eigenvalue weighted by atomic mass is 32.2. The zero-order valence-electron chi connectivity index (χ0n) is 18.1. The van der Waals surface area contributed by atoms with Crippen LogP contribution < -0.4 is 10.9 Å². The van der Waals surface area contributed by atoms with E-state index in [0.717, 1.165) is 42.7 Å². The van der Waals surface area contributed by atoms with E-state index in [2.05, 4.69) is 20.4 Å². The van der Waals surface area contributed by atoms with E-state index in [1.54, 1.807) is 4.68 Å². The molecule has 166 valence electrons. The lowest BCUT2D eigenvalue weighted by Gasteiger charge is -2.57. The van der Waals surface area contributed by atoms with Gasteiger partial charge in [0.1, 0.15) is 5.39 Å². The Morgan fingerprint density at radius 1 is 1.16 bits per heavy atom. The average Bonchev–Trinajstić information content (AvgIpc) is 3.17. The highest BCUT2D eigenvalue weighted by molar-refractivity contribution is 8.00. The number of fused-ring (bicyclic) bond motifs is 1. The van der Waals surface area contributed by atoms with Crippen molar-refractivity contribution in [3.05, 3.63) is 46.9 Å². The number of amides is 1. The molecule has 0 aliphatic heterocycles. The summed E-state index contributed by atoms with van der Waals surface area (Å²) in [6, 6.07) is 9.61. The van der Waals surface area contributed by atoms with Crippen molar-refractivity contribution in [1.82, 2.24) is 25.1 Å². The molecule has 3 aromatic rings. The third-order valence-corrected chi connectivity index (χ3v) is 8.49. The van der Waals surface area contributed by atoms with Gasteiger partial charge in [0.25, 0.3) is 5.56 Å². The van der Waals surface area contributed by atoms with Gasteiger partial charge in [-0.1, -0.05) is 30.0 Å². The topological polar surface area (TPSA) is 92.7 Å². The first-order chi connectivity index (χ1) is 15.5. The molecule has 2 N–H and O–H groups in total. The largest absolute Gasteiger partial charge is 0.350 e. The van der Waals surface area contributed by atoms with Gasteiger partial charge in [-0.3, -0.25) is 9.59 Å². The number of thioether (sulfide) groups is 1. The summed E-state index contributed by atoms with van der Waals surface area (Å²) in [5.41, 5.74) is 1.07. The van der Waals surface area contributed by atoms with Gasteiger partial charge in [-0.25, -0.2) is 9.67 Å². The normalized spacial score (nSPS) is 29.3. The molecule has 4 bridgehead atoms. The van der Waals surface area contributed by atoms with E-state index in [0.29, 0.717) is 16.2 Å². The van der Waals surface area contributed by atoms with Crippen LogP contribution in [0.3, 0.4) is 0 Å². The van der Waals surface area contributed by atoms with Crippen molar-refractivity contribution in [1.29, 1.82) is 0 Å². The molecule has 0 radical (unpaired) electrons. The molecule has 8 heteroatoms. The van der Waals surface area contributed by atoms with Crippen molar-refractivity contribution in [3.63, 3.8) is 0 Å². The molecule has 4 saturated carbocycles. The smallest absolute Gasteiger partial charge is 0.262 e. The Bertz CT molecular complexity index is 1200. The SMILES string of the molecule is C[C@@H](Sc1nc2c(cnn2-c2ccccc2)c(=O)[nH]1)C(=O)NC12CC3CC(CC(C3)C1)C2. The number of benzene rings is 1. The van der Waals surface area contributed by atoms with Crippen LogP contribution in [-0.2, 0) is 4.79 Å². The maximum atomic E-state index is 13.1. The number of hydrogen-bond donors (Lipinski definition) is 2. The Balaban J connectivity index is 1.22. The molecule has 0 saturated heterocycles. The minimum atomic E-state index is -0.350. The van der Waals surface area contributed by atoms with Crippen LogP contribution in [0.25, 0.3) is 16.7 Å². The van der Waals surface area contributed by atoms with Crippen LogP contribution in [0.5, 0.6) is 0 Å². The lowest BCUT2D eigenvalue weighted by atomic mass is 9.53. The molecule has 1 amide bonds. The molecule has 4 aliphatic carbocycles. The molecule has 1 aromatic carbocycles. The van der Waals surface area contributed by atoms with Gasteiger partial charge in [0.15, 0.2) is 10.8 Å². The molecule has 0 spiro atoms. The van der Waals surface area contributed by atoms with E-state index < -0.39 is 0 Å². The summed E-state index contributed by atoms with van der Waals surface area (Å²) in [5.74, 6) is 2.38. The molecular weight excluding hydrogens is 422 g/mol. The van der Waals surface area contributed by atoms with Crippen LogP contribution >= 0.6 is 11.8 Å². The van der Waals surface area contributed by atoms with Gasteiger partial charge in [0, 0.05) is 5.54 Å². The molecule has 32 heavy (non-hydrogen) atoms. The van der Waals surface area contributed by atoms with Crippen LogP contribution in [0.2, 0.25) is 0 Å². The number of nitrogens with one attached hydrogen (secondary N) is 2. The van der Waals surface area contributed by atoms with Crippen LogP contribution in [0.1, 0.15) is 45.4 Å². The molecular formula is C24H27N5O2S. The quantitative estimate of drug-likeness (QED) is 0.458. The highest BCUT2D eigenvalue weighted by Crippen LogP contribution is 2.55. The number of aromatic amines is 1. The number of nitrogens with zero attached hydrogens (tertiary/aromatic N) is 3. The van der Waals surface area contributed by atoms with Gasteiger partial charge in [-0.2, -0.15) is 5.10 Å². The predicted molar refractivity (Wildman–Crippen MR) is 124 cm³/mol. The third kappa shape index (κ3) is 3.45. The van der Waals surface area contributed by atoms with Crippen LogP contribution in [0.4, 0.5) is 0 Å². The number of carbonyl (C=O) groups excluding carboxylic acids is 1. The molecule has 2 aromatic heterocycles. The molecule has 4 aliphatic rings. The van der Waals surface area contributed by atoms with Crippen molar-refractivity contribution in [2.24, 2.45) is 17.8 Å². The maximum Gasteiger partial charge on any atom is 0.262 e. The summed E-state index contributed by atoms with van der Waals surface area (Å²) in [7, 11) is 0. The summed E-state index contributed by atoms with van der Waals surface area (Å²) in [5, 5.41) is 8.30. The second-order valence-corrected chi connectivity index (χ2v) is 11.3. The Hall–Kier alpha value is -2.61. The van der Waals surface area contributed by atoms with E-state index in [1.807, 2.05) is 37.3 Å².